The first-order chi connectivity index (χ1) is 22.5. The molecule has 4 aromatic rings. The topological polar surface area (TPSA) is 110 Å². The van der Waals surface area contributed by atoms with Gasteiger partial charge in [-0.15, -0.1) is 10.2 Å². The average molecular weight is 698 g/mol. The number of tetrazole rings is 1. The van der Waals surface area contributed by atoms with E-state index in [0.717, 1.165) is 54.1 Å². The van der Waals surface area contributed by atoms with Gasteiger partial charge in [0.05, 0.1) is 36.5 Å². The van der Waals surface area contributed by atoms with Gasteiger partial charge in [0.25, 0.3) is 10.1 Å². The maximum Gasteiger partial charge on any atom is 0.416 e. The third-order valence-corrected chi connectivity index (χ3v) is 9.88. The number of rotatable bonds is 10. The van der Waals surface area contributed by atoms with E-state index in [0.29, 0.717) is 17.9 Å². The molecule has 16 heteroatoms. The second kappa shape index (κ2) is 13.2. The molecule has 0 amide bonds. The molecule has 258 valence electrons. The molecule has 0 saturated carbocycles. The van der Waals surface area contributed by atoms with Gasteiger partial charge < -0.3 is 9.85 Å². The van der Waals surface area contributed by atoms with Crippen molar-refractivity contribution in [2.75, 3.05) is 18.8 Å². The summed E-state index contributed by atoms with van der Waals surface area (Å²) in [7, 11) is -4.35. The van der Waals surface area contributed by atoms with Crippen molar-refractivity contribution in [2.45, 2.75) is 57.7 Å². The van der Waals surface area contributed by atoms with E-state index in [-0.39, 0.29) is 43.6 Å². The Hall–Kier alpha value is -3.86. The number of alkyl halides is 6. The number of nitrogens with zero attached hydrogens (tertiary/aromatic N) is 5. The van der Waals surface area contributed by atoms with Gasteiger partial charge in [-0.3, -0.25) is 4.18 Å². The Bertz CT molecular complexity index is 1740. The van der Waals surface area contributed by atoms with Crippen molar-refractivity contribution < 1.29 is 43.6 Å². The minimum absolute atomic E-state index is 0.00684. The summed E-state index contributed by atoms with van der Waals surface area (Å²) in [5.74, 6) is -0.882. The summed E-state index contributed by atoms with van der Waals surface area (Å²) in [6, 6.07) is 14.5. The highest BCUT2D eigenvalue weighted by Crippen LogP contribution is 2.48. The molecule has 5 rings (SSSR count). The summed E-state index contributed by atoms with van der Waals surface area (Å²) in [5, 5.41) is 26.2. The molecular weight excluding hydrogens is 664 g/mol. The number of aromatic nitrogens is 4. The van der Waals surface area contributed by atoms with Crippen LogP contribution < -0.4 is 0 Å². The molecule has 1 saturated heterocycles. The molecule has 0 N–H and O–H groups in total. The van der Waals surface area contributed by atoms with Crippen molar-refractivity contribution in [3.05, 3.63) is 106 Å². The predicted octanol–water partition coefficient (Wildman–Crippen LogP) is 6.93. The zero-order chi connectivity index (χ0) is 35.0. The summed E-state index contributed by atoms with van der Waals surface area (Å²) in [6.07, 6.45) is -9.27. The normalized spacial score (nSPS) is 19.4. The van der Waals surface area contributed by atoms with Crippen molar-refractivity contribution in [1.82, 2.24) is 20.2 Å². The average Bonchev–Trinajstić information content (AvgIpc) is 3.53. The van der Waals surface area contributed by atoms with E-state index in [1.54, 1.807) is 24.3 Å². The lowest BCUT2D eigenvalue weighted by Crippen LogP contribution is -2.52. The van der Waals surface area contributed by atoms with Crippen LogP contribution in [-0.4, -0.2) is 52.1 Å². The van der Waals surface area contributed by atoms with Crippen molar-refractivity contribution in [3.8, 4) is 11.4 Å². The quantitative estimate of drug-likeness (QED) is 0.0765. The van der Waals surface area contributed by atoms with Crippen molar-refractivity contribution in [1.29, 1.82) is 0 Å². The van der Waals surface area contributed by atoms with Crippen LogP contribution in [0.4, 0.5) is 26.3 Å². The van der Waals surface area contributed by atoms with Crippen molar-refractivity contribution in [3.63, 3.8) is 0 Å². The molecule has 0 bridgehead atoms. The molecule has 1 aliphatic heterocycles. The van der Waals surface area contributed by atoms with Crippen molar-refractivity contribution >= 4 is 10.1 Å². The van der Waals surface area contributed by atoms with E-state index < -0.39 is 55.5 Å². The Kier molecular flexibility index (Phi) is 9.76. The van der Waals surface area contributed by atoms with Gasteiger partial charge in [0, 0.05) is 29.9 Å². The van der Waals surface area contributed by atoms with Crippen LogP contribution in [0.2, 0.25) is 0 Å². The van der Waals surface area contributed by atoms with Crippen LogP contribution in [0.1, 0.15) is 54.5 Å². The van der Waals surface area contributed by atoms with Gasteiger partial charge in [-0.25, -0.2) is 0 Å². The lowest BCUT2D eigenvalue weighted by Gasteiger charge is -2.51. The van der Waals surface area contributed by atoms with Crippen molar-refractivity contribution in [2.24, 2.45) is 5.92 Å². The Labute approximate surface area is 273 Å². The van der Waals surface area contributed by atoms with Gasteiger partial charge >= 0.3 is 12.4 Å². The molecule has 0 radical (unpaired) electrons. The number of likely N-dealkylation sites (tertiary alicyclic amines) is 1. The minimum atomic E-state index is -4.70. The van der Waals surface area contributed by atoms with E-state index in [2.05, 4.69) is 15.4 Å². The monoisotopic (exact) mass is 697 g/mol. The maximum atomic E-state index is 14.0. The van der Waals surface area contributed by atoms with Crippen LogP contribution in [0.25, 0.3) is 11.4 Å². The summed E-state index contributed by atoms with van der Waals surface area (Å²) < 4.78 is 112. The zero-order valence-corrected chi connectivity index (χ0v) is 26.8. The number of hydrogen-bond donors (Lipinski definition) is 0. The number of hydrogen-bond acceptors (Lipinski definition) is 7. The van der Waals surface area contributed by atoms with Gasteiger partial charge in [0.1, 0.15) is 12.1 Å². The molecule has 1 aliphatic rings. The molecule has 3 aromatic carbocycles. The van der Waals surface area contributed by atoms with E-state index in [1.165, 1.54) is 11.7 Å². The molecule has 0 atom stereocenters. The van der Waals surface area contributed by atoms with E-state index in [1.807, 2.05) is 6.92 Å². The van der Waals surface area contributed by atoms with Gasteiger partial charge in [-0.05, 0) is 54.5 Å². The third-order valence-electron chi connectivity index (χ3n) is 8.66. The molecule has 1 aromatic heterocycles. The second-order valence-corrected chi connectivity index (χ2v) is 13.6. The van der Waals surface area contributed by atoms with Crippen LogP contribution in [-0.2, 0) is 45.3 Å². The molecule has 0 aliphatic carbocycles. The molecule has 0 spiro atoms. The zero-order valence-electron chi connectivity index (χ0n) is 26.0. The smallest absolute Gasteiger partial charge is 0.416 e. The predicted molar refractivity (Wildman–Crippen MR) is 163 cm³/mol. The fourth-order valence-corrected chi connectivity index (χ4v) is 6.91. The highest BCUT2D eigenvalue weighted by atomic mass is 32.2. The van der Waals surface area contributed by atoms with Gasteiger partial charge in [0.15, 0.2) is 0 Å². The Morgan fingerprint density at radius 3 is 1.71 bits per heavy atom. The van der Waals surface area contributed by atoms with Gasteiger partial charge in [0.2, 0.25) is 5.82 Å². The number of hydroxylamine groups is 3. The lowest BCUT2D eigenvalue weighted by molar-refractivity contribution is -0.900. The van der Waals surface area contributed by atoms with E-state index in [9.17, 15) is 40.0 Å². The molecule has 2 heterocycles. The molecule has 1 fully saturated rings. The summed E-state index contributed by atoms with van der Waals surface area (Å²) >= 11 is 0. The standard InChI is InChI=1S/C32H33F6N5O4S/c1-3-42-40-29(39-41-42)23-7-5-22(6-8-23)21-43(44)19-17-26(18-20-43)30(47-48(45,46)4-2,24-9-13-27(14-10-24)31(33,34)35)25-11-15-28(16-12-25)32(36,37)38/h5-16,26H,3-4,17-21H2,1-2H3. The number of aryl methyl sites for hydroxylation is 1. The molecular formula is C32H33F6N5O4S. The van der Waals surface area contributed by atoms with Crippen LogP contribution in [0, 0.1) is 11.1 Å². The van der Waals surface area contributed by atoms with Gasteiger partial charge in [-0.2, -0.15) is 39.6 Å². The summed E-state index contributed by atoms with van der Waals surface area (Å²) in [6.45, 7) is 3.78. The fourth-order valence-electron chi connectivity index (χ4n) is 6.06. The lowest BCUT2D eigenvalue weighted by atomic mass is 9.71. The minimum Gasteiger partial charge on any atom is -0.633 e. The first-order valence-corrected chi connectivity index (χ1v) is 16.8. The Morgan fingerprint density at radius 1 is 0.812 bits per heavy atom. The van der Waals surface area contributed by atoms with Crippen LogP contribution in [0.3, 0.4) is 0 Å². The summed E-state index contributed by atoms with van der Waals surface area (Å²) in [4.78, 5) is 1.44. The number of quaternary nitrogens is 1. The van der Waals surface area contributed by atoms with E-state index in [4.69, 9.17) is 4.18 Å². The molecule has 48 heavy (non-hydrogen) atoms. The SMILES string of the molecule is CCn1nnc(-c2ccc(C[N+]3([O-])CCC(C(OS(=O)(=O)CC)(c4ccc(C(F)(F)F)cc4)c4ccc(C(F)(F)F)cc4)CC3)cc2)n1. The summed E-state index contributed by atoms with van der Waals surface area (Å²) in [5.41, 5.74) is -2.57. The van der Waals surface area contributed by atoms with Crippen LogP contribution >= 0.6 is 0 Å². The van der Waals surface area contributed by atoms with Crippen LogP contribution in [0.15, 0.2) is 72.8 Å². The largest absolute Gasteiger partial charge is 0.633 e. The fraction of sp³-hybridized carbons (Fsp3) is 0.406. The Morgan fingerprint density at radius 2 is 1.29 bits per heavy atom. The van der Waals surface area contributed by atoms with Crippen LogP contribution in [0.5, 0.6) is 0 Å². The maximum absolute atomic E-state index is 14.0. The highest BCUT2D eigenvalue weighted by molar-refractivity contribution is 7.86. The first kappa shape index (κ1) is 35.4. The number of halogens is 6. The third kappa shape index (κ3) is 7.56. The van der Waals surface area contributed by atoms with Gasteiger partial charge in [-0.1, -0.05) is 48.5 Å². The molecule has 9 nitrogen and oxygen atoms in total. The molecule has 0 unspecified atom stereocenters. The number of piperidine rings is 1. The van der Waals surface area contributed by atoms with E-state index >= 15 is 0 Å². The first-order valence-electron chi connectivity index (χ1n) is 15.2. The Balaban J connectivity index is 1.49. The highest BCUT2D eigenvalue weighted by Gasteiger charge is 2.50. The number of benzene rings is 3. The second-order valence-electron chi connectivity index (χ2n) is 11.8.